The average Bonchev–Trinajstić information content (AvgIpc) is 2.47. The van der Waals surface area contributed by atoms with Gasteiger partial charge in [-0.2, -0.15) is 0 Å². The van der Waals surface area contributed by atoms with E-state index >= 15 is 0 Å². The van der Waals surface area contributed by atoms with E-state index < -0.39 is 0 Å². The molecule has 0 spiro atoms. The van der Waals surface area contributed by atoms with Crippen molar-refractivity contribution in [1.82, 2.24) is 9.97 Å². The summed E-state index contributed by atoms with van der Waals surface area (Å²) in [6.45, 7) is 6.58. The summed E-state index contributed by atoms with van der Waals surface area (Å²) in [5.74, 6) is 0.536. The van der Waals surface area contributed by atoms with Crippen LogP contribution < -0.4 is 10.9 Å². The molecule has 0 saturated carbocycles. The van der Waals surface area contributed by atoms with Gasteiger partial charge in [0.1, 0.15) is 0 Å². The van der Waals surface area contributed by atoms with E-state index in [1.54, 1.807) is 0 Å². The first kappa shape index (κ1) is 14.8. The SMILES string of the molecule is CC(C)(C)c1ccc(Nc2nc3c(c(=O)[nH]2)CCCC3)cc1. The second kappa shape index (κ2) is 5.59. The van der Waals surface area contributed by atoms with Crippen molar-refractivity contribution in [2.75, 3.05) is 5.32 Å². The largest absolute Gasteiger partial charge is 0.326 e. The zero-order valence-corrected chi connectivity index (χ0v) is 13.5. The van der Waals surface area contributed by atoms with Crippen molar-refractivity contribution in [2.45, 2.75) is 51.9 Å². The third kappa shape index (κ3) is 3.06. The van der Waals surface area contributed by atoms with E-state index in [2.05, 4.69) is 48.2 Å². The molecule has 4 heteroatoms. The van der Waals surface area contributed by atoms with Crippen LogP contribution in [0, 0.1) is 0 Å². The summed E-state index contributed by atoms with van der Waals surface area (Å²) >= 11 is 0. The van der Waals surface area contributed by atoms with Gasteiger partial charge < -0.3 is 5.32 Å². The highest BCUT2D eigenvalue weighted by Gasteiger charge is 2.16. The summed E-state index contributed by atoms with van der Waals surface area (Å²) in [6.07, 6.45) is 3.94. The Morgan fingerprint density at radius 1 is 1.09 bits per heavy atom. The van der Waals surface area contributed by atoms with Crippen LogP contribution in [-0.2, 0) is 18.3 Å². The Kier molecular flexibility index (Phi) is 3.77. The van der Waals surface area contributed by atoms with Crippen LogP contribution in [0.25, 0.3) is 0 Å². The standard InChI is InChI=1S/C18H23N3O/c1-18(2,3)12-8-10-13(11-9-12)19-17-20-15-7-5-4-6-14(15)16(22)21-17/h8-11H,4-7H2,1-3H3,(H2,19,20,21,22). The summed E-state index contributed by atoms with van der Waals surface area (Å²) in [5, 5.41) is 3.21. The molecule has 1 aliphatic rings. The highest BCUT2D eigenvalue weighted by molar-refractivity contribution is 5.54. The maximum Gasteiger partial charge on any atom is 0.255 e. The minimum atomic E-state index is -0.00138. The molecule has 0 saturated heterocycles. The van der Waals surface area contributed by atoms with E-state index in [9.17, 15) is 4.79 Å². The Labute approximate surface area is 131 Å². The van der Waals surface area contributed by atoms with Gasteiger partial charge in [-0.15, -0.1) is 0 Å². The first-order valence-corrected chi connectivity index (χ1v) is 7.93. The maximum atomic E-state index is 12.1. The molecule has 3 rings (SSSR count). The van der Waals surface area contributed by atoms with Crippen molar-refractivity contribution in [3.8, 4) is 0 Å². The Morgan fingerprint density at radius 2 is 1.77 bits per heavy atom. The number of nitrogens with zero attached hydrogens (tertiary/aromatic N) is 1. The third-order valence-electron chi connectivity index (χ3n) is 4.21. The van der Waals surface area contributed by atoms with Gasteiger partial charge in [0.15, 0.2) is 0 Å². The lowest BCUT2D eigenvalue weighted by Gasteiger charge is -2.19. The number of hydrogen-bond donors (Lipinski definition) is 2. The van der Waals surface area contributed by atoms with E-state index in [0.29, 0.717) is 5.95 Å². The molecule has 0 unspecified atom stereocenters. The smallest absolute Gasteiger partial charge is 0.255 e. The molecule has 116 valence electrons. The summed E-state index contributed by atoms with van der Waals surface area (Å²) in [7, 11) is 0. The molecule has 0 aliphatic heterocycles. The predicted octanol–water partition coefficient (Wildman–Crippen LogP) is 3.69. The molecule has 1 aromatic carbocycles. The van der Waals surface area contributed by atoms with Crippen molar-refractivity contribution < 1.29 is 0 Å². The number of nitrogens with one attached hydrogen (secondary N) is 2. The Morgan fingerprint density at radius 3 is 2.45 bits per heavy atom. The van der Waals surface area contributed by atoms with Gasteiger partial charge in [0.05, 0.1) is 5.69 Å². The van der Waals surface area contributed by atoms with Crippen LogP contribution in [0.3, 0.4) is 0 Å². The minimum Gasteiger partial charge on any atom is -0.326 e. The van der Waals surface area contributed by atoms with Gasteiger partial charge in [-0.25, -0.2) is 4.98 Å². The normalized spacial score (nSPS) is 14.5. The highest BCUT2D eigenvalue weighted by atomic mass is 16.1. The number of fused-ring (bicyclic) bond motifs is 1. The topological polar surface area (TPSA) is 57.8 Å². The molecule has 2 aromatic rings. The van der Waals surface area contributed by atoms with Crippen LogP contribution in [0.1, 0.15) is 50.4 Å². The van der Waals surface area contributed by atoms with E-state index in [4.69, 9.17) is 0 Å². The van der Waals surface area contributed by atoms with Gasteiger partial charge in [-0.1, -0.05) is 32.9 Å². The molecular formula is C18H23N3O. The zero-order chi connectivity index (χ0) is 15.7. The van der Waals surface area contributed by atoms with Crippen LogP contribution in [-0.4, -0.2) is 9.97 Å². The van der Waals surface area contributed by atoms with Gasteiger partial charge in [-0.3, -0.25) is 9.78 Å². The molecule has 0 radical (unpaired) electrons. The molecule has 4 nitrogen and oxygen atoms in total. The molecular weight excluding hydrogens is 274 g/mol. The number of anilines is 2. The fourth-order valence-corrected chi connectivity index (χ4v) is 2.85. The van der Waals surface area contributed by atoms with Crippen molar-refractivity contribution in [2.24, 2.45) is 0 Å². The number of rotatable bonds is 2. The minimum absolute atomic E-state index is 0.00138. The highest BCUT2D eigenvalue weighted by Crippen LogP contribution is 2.24. The molecule has 1 aromatic heterocycles. The Hall–Kier alpha value is -2.10. The molecule has 0 fully saturated rings. The molecule has 0 amide bonds. The molecule has 2 N–H and O–H groups in total. The summed E-state index contributed by atoms with van der Waals surface area (Å²) < 4.78 is 0. The number of aromatic nitrogens is 2. The van der Waals surface area contributed by atoms with Crippen LogP contribution in [0.2, 0.25) is 0 Å². The van der Waals surface area contributed by atoms with Crippen molar-refractivity contribution in [3.05, 3.63) is 51.4 Å². The monoisotopic (exact) mass is 297 g/mol. The second-order valence-corrected chi connectivity index (χ2v) is 7.00. The van der Waals surface area contributed by atoms with Crippen LogP contribution >= 0.6 is 0 Å². The van der Waals surface area contributed by atoms with Gasteiger partial charge in [0, 0.05) is 11.3 Å². The lowest BCUT2D eigenvalue weighted by Crippen LogP contribution is -2.22. The molecule has 0 bridgehead atoms. The lowest BCUT2D eigenvalue weighted by atomic mass is 9.87. The lowest BCUT2D eigenvalue weighted by molar-refractivity contribution is 0.590. The summed E-state index contributed by atoms with van der Waals surface area (Å²) in [4.78, 5) is 19.5. The van der Waals surface area contributed by atoms with Crippen molar-refractivity contribution in [1.29, 1.82) is 0 Å². The molecule has 1 heterocycles. The van der Waals surface area contributed by atoms with E-state index in [0.717, 1.165) is 42.6 Å². The number of hydrogen-bond acceptors (Lipinski definition) is 3. The van der Waals surface area contributed by atoms with Gasteiger partial charge in [0.2, 0.25) is 5.95 Å². The van der Waals surface area contributed by atoms with Crippen molar-refractivity contribution in [3.63, 3.8) is 0 Å². The third-order valence-corrected chi connectivity index (χ3v) is 4.21. The quantitative estimate of drug-likeness (QED) is 0.889. The Bertz CT molecular complexity index is 723. The molecule has 0 atom stereocenters. The summed E-state index contributed by atoms with van der Waals surface area (Å²) in [6, 6.07) is 8.28. The molecule has 1 aliphatic carbocycles. The predicted molar refractivity (Wildman–Crippen MR) is 89.9 cm³/mol. The van der Waals surface area contributed by atoms with Crippen molar-refractivity contribution >= 4 is 11.6 Å². The number of aromatic amines is 1. The number of benzene rings is 1. The summed E-state index contributed by atoms with van der Waals surface area (Å²) in [5.41, 5.74) is 4.16. The fraction of sp³-hybridized carbons (Fsp3) is 0.444. The second-order valence-electron chi connectivity index (χ2n) is 7.00. The van der Waals surface area contributed by atoms with E-state index in [1.807, 2.05) is 12.1 Å². The first-order valence-electron chi connectivity index (χ1n) is 7.93. The van der Waals surface area contributed by atoms with Gasteiger partial charge >= 0.3 is 0 Å². The zero-order valence-electron chi connectivity index (χ0n) is 13.5. The molecule has 22 heavy (non-hydrogen) atoms. The average molecular weight is 297 g/mol. The number of aryl methyl sites for hydroxylation is 1. The van der Waals surface area contributed by atoms with E-state index in [1.165, 1.54) is 5.56 Å². The fourth-order valence-electron chi connectivity index (χ4n) is 2.85. The van der Waals surface area contributed by atoms with Crippen LogP contribution in [0.4, 0.5) is 11.6 Å². The number of H-pyrrole nitrogens is 1. The van der Waals surface area contributed by atoms with Crippen LogP contribution in [0.5, 0.6) is 0 Å². The Balaban J connectivity index is 1.84. The van der Waals surface area contributed by atoms with Gasteiger partial charge in [0.25, 0.3) is 5.56 Å². The van der Waals surface area contributed by atoms with Gasteiger partial charge in [-0.05, 0) is 48.8 Å². The maximum absolute atomic E-state index is 12.1. The first-order chi connectivity index (χ1) is 10.4. The van der Waals surface area contributed by atoms with E-state index in [-0.39, 0.29) is 11.0 Å². The van der Waals surface area contributed by atoms with Crippen LogP contribution in [0.15, 0.2) is 29.1 Å².